The summed E-state index contributed by atoms with van der Waals surface area (Å²) in [5, 5.41) is 0. The molecular weight excluding hydrogens is 856 g/mol. The van der Waals surface area contributed by atoms with Gasteiger partial charge in [0.15, 0.2) is 0 Å². The van der Waals surface area contributed by atoms with Crippen molar-refractivity contribution in [1.82, 2.24) is 15.0 Å². The molecule has 69 heavy (non-hydrogen) atoms. The van der Waals surface area contributed by atoms with Crippen molar-refractivity contribution < 1.29 is 32.4 Å². The largest absolute Gasteiger partial charge is 0.256 e. The number of hydrogen-bond acceptors (Lipinski definition) is 3. The van der Waals surface area contributed by atoms with Gasteiger partial charge >= 0.3 is 0 Å². The monoisotopic (exact) mass is 917 g/mol. The Morgan fingerprint density at radius 2 is 0.797 bits per heavy atom. The van der Waals surface area contributed by atoms with Gasteiger partial charge in [-0.2, -0.15) is 0 Å². The Morgan fingerprint density at radius 3 is 1.35 bits per heavy atom. The number of pyridine rings is 3. The molecule has 3 heterocycles. The predicted molar refractivity (Wildman–Crippen MR) is 275 cm³/mol. The fraction of sp³-hybridized carbons (Fsp3) is 0.0952. The van der Waals surface area contributed by atoms with Crippen molar-refractivity contribution in [3.8, 4) is 78.3 Å². The summed E-state index contributed by atoms with van der Waals surface area (Å²) in [6.45, 7) is -6.19. The van der Waals surface area contributed by atoms with Crippen LogP contribution in [0, 0.1) is 31.2 Å². The Balaban J connectivity index is 1.20. The molecule has 0 amide bonds. The SMILES string of the molecule is [2H]C([2H])([2H])c1cc(-c2ccc(F)cc2)ncc1C([2H])([2H])C([2H])([2H])c1cc(-c2ccc(F)cc2-c2cnc(-c3ccccc3)cc2-c2ccc(-c3ccccc3)cc2)cc(C([2H])([2H])C([2H])([2H])c2cnc(-c3ccc(F)cc3)cc2C([2H])([2H])[2H])c1. The van der Waals surface area contributed by atoms with Crippen molar-refractivity contribution >= 4 is 0 Å². The van der Waals surface area contributed by atoms with Crippen LogP contribution in [0.2, 0.25) is 0 Å². The molecule has 0 fully saturated rings. The Kier molecular flexibility index (Phi) is 8.94. The van der Waals surface area contributed by atoms with Crippen molar-refractivity contribution in [2.24, 2.45) is 0 Å². The fourth-order valence-corrected chi connectivity index (χ4v) is 8.01. The Hall–Kier alpha value is -8.22. The Morgan fingerprint density at radius 1 is 0.348 bits per heavy atom. The van der Waals surface area contributed by atoms with Gasteiger partial charge < -0.3 is 0 Å². The van der Waals surface area contributed by atoms with E-state index in [0.717, 1.165) is 77.6 Å². The molecule has 0 atom stereocenters. The quantitative estimate of drug-likeness (QED) is 0.116. The molecule has 10 rings (SSSR count). The lowest BCUT2D eigenvalue weighted by Crippen LogP contribution is -2.01. The first-order valence-electron chi connectivity index (χ1n) is 28.9. The Labute approximate surface area is 421 Å². The maximum absolute atomic E-state index is 16.1. The molecule has 0 aliphatic heterocycles. The van der Waals surface area contributed by atoms with E-state index in [1.807, 2.05) is 91.0 Å². The van der Waals surface area contributed by atoms with Gasteiger partial charge in [-0.1, -0.05) is 109 Å². The fourth-order valence-electron chi connectivity index (χ4n) is 8.01. The predicted octanol–water partition coefficient (Wildman–Crippen LogP) is 16.1. The molecule has 3 aromatic heterocycles. The van der Waals surface area contributed by atoms with E-state index in [-0.39, 0.29) is 39.2 Å². The summed E-state index contributed by atoms with van der Waals surface area (Å²) in [7, 11) is 0. The minimum atomic E-state index is -3.37. The lowest BCUT2D eigenvalue weighted by molar-refractivity contribution is 0.627. The van der Waals surface area contributed by atoms with E-state index >= 15 is 4.39 Å². The van der Waals surface area contributed by atoms with Gasteiger partial charge in [-0.05, 0) is 190 Å². The van der Waals surface area contributed by atoms with E-state index in [4.69, 9.17) is 13.2 Å². The highest BCUT2D eigenvalue weighted by Gasteiger charge is 2.18. The molecule has 336 valence electrons. The molecule has 0 aliphatic rings. The third kappa shape index (κ3) is 10.2. The van der Waals surface area contributed by atoms with Crippen molar-refractivity contribution in [3.05, 3.63) is 257 Å². The molecule has 6 heteroatoms. The standard InChI is InChI=1S/C63H48F3N3/c1-41-31-61(49-21-25-54(64)26-22-49)67-38-51(41)15-13-43-33-44(14-16-52-39-68-62(32-42(52)2)50-23-27-55(65)28-24-50)35-53(34-43)57-30-29-56(66)36-59(57)60-40-69-63(48-11-7-4-8-12-48)37-58(60)47-19-17-46(18-20-47)45-9-5-3-6-10-45/h3-12,17-40H,13-16H2,1-2H3/i1D3,2D3,13D2,14D2,15D2,16D2. The van der Waals surface area contributed by atoms with Crippen LogP contribution in [0.5, 0.6) is 0 Å². The molecule has 0 saturated carbocycles. The minimum absolute atomic E-state index is 0.00852. The number of aryl methyl sites for hydroxylation is 6. The van der Waals surface area contributed by atoms with Crippen LogP contribution >= 0.6 is 0 Å². The molecule has 0 N–H and O–H groups in total. The van der Waals surface area contributed by atoms with Gasteiger partial charge in [-0.3, -0.25) is 15.0 Å². The molecule has 10 aromatic rings. The summed E-state index contributed by atoms with van der Waals surface area (Å²) in [6.07, 6.45) is -10.2. The van der Waals surface area contributed by atoms with Crippen LogP contribution in [0.25, 0.3) is 78.3 Å². The summed E-state index contributed by atoms with van der Waals surface area (Å²) in [6, 6.07) is 47.4. The van der Waals surface area contributed by atoms with Crippen LogP contribution in [-0.2, 0) is 25.5 Å². The first kappa shape index (κ1) is 30.9. The van der Waals surface area contributed by atoms with Crippen molar-refractivity contribution in [2.75, 3.05) is 0 Å². The van der Waals surface area contributed by atoms with Crippen LogP contribution in [0.4, 0.5) is 13.2 Å². The number of hydrogen-bond donors (Lipinski definition) is 0. The van der Waals surface area contributed by atoms with Gasteiger partial charge in [0.2, 0.25) is 0 Å². The molecule has 0 bridgehead atoms. The zero-order valence-corrected chi connectivity index (χ0v) is 36.6. The summed E-state index contributed by atoms with van der Waals surface area (Å²) in [5.74, 6) is -1.89. The average molecular weight is 918 g/mol. The summed E-state index contributed by atoms with van der Waals surface area (Å²) in [4.78, 5) is 13.4. The van der Waals surface area contributed by atoms with Crippen molar-refractivity contribution in [1.29, 1.82) is 0 Å². The van der Waals surface area contributed by atoms with E-state index in [9.17, 15) is 19.7 Å². The Bertz CT molecular complexity index is 3880. The summed E-state index contributed by atoms with van der Waals surface area (Å²) < 4.78 is 173. The van der Waals surface area contributed by atoms with Crippen molar-refractivity contribution in [2.45, 2.75) is 39.2 Å². The second-order valence-electron chi connectivity index (χ2n) is 16.2. The normalized spacial score (nSPS) is 15.4. The van der Waals surface area contributed by atoms with E-state index in [0.29, 0.717) is 22.4 Å². The summed E-state index contributed by atoms with van der Waals surface area (Å²) >= 11 is 0. The lowest BCUT2D eigenvalue weighted by atomic mass is 9.87. The van der Waals surface area contributed by atoms with Crippen molar-refractivity contribution in [3.63, 3.8) is 0 Å². The zero-order valence-electron chi connectivity index (χ0n) is 50.6. The van der Waals surface area contributed by atoms with Gasteiger partial charge in [0.05, 0.1) is 17.1 Å². The maximum atomic E-state index is 16.1. The third-order valence-electron chi connectivity index (χ3n) is 11.6. The molecule has 7 aromatic carbocycles. The maximum Gasteiger partial charge on any atom is 0.123 e. The summed E-state index contributed by atoms with van der Waals surface area (Å²) in [5.41, 5.74) is 1.47. The molecule has 3 nitrogen and oxygen atoms in total. The van der Waals surface area contributed by atoms with Crippen LogP contribution in [0.3, 0.4) is 0 Å². The highest BCUT2D eigenvalue weighted by molar-refractivity contribution is 5.93. The second kappa shape index (κ2) is 19.9. The highest BCUT2D eigenvalue weighted by atomic mass is 19.1. The van der Waals surface area contributed by atoms with Gasteiger partial charge in [-0.15, -0.1) is 0 Å². The lowest BCUT2D eigenvalue weighted by Gasteiger charge is -2.18. The van der Waals surface area contributed by atoms with Crippen LogP contribution in [0.15, 0.2) is 207 Å². The molecule has 0 unspecified atom stereocenters. The molecule has 0 radical (unpaired) electrons. The van der Waals surface area contributed by atoms with Gasteiger partial charge in [0.1, 0.15) is 17.5 Å². The topological polar surface area (TPSA) is 38.7 Å². The van der Waals surface area contributed by atoms with E-state index in [2.05, 4.69) is 9.97 Å². The number of halogens is 3. The van der Waals surface area contributed by atoms with Gasteiger partial charge in [0.25, 0.3) is 0 Å². The van der Waals surface area contributed by atoms with E-state index < -0.39 is 90.0 Å². The first-order valence-corrected chi connectivity index (χ1v) is 21.9. The van der Waals surface area contributed by atoms with Crippen LogP contribution in [-0.4, -0.2) is 15.0 Å². The number of rotatable bonds is 13. The second-order valence-corrected chi connectivity index (χ2v) is 16.2. The van der Waals surface area contributed by atoms with Crippen LogP contribution in [0.1, 0.15) is 52.6 Å². The van der Waals surface area contributed by atoms with E-state index in [1.54, 1.807) is 6.20 Å². The number of nitrogens with zero attached hydrogens (tertiary/aromatic N) is 3. The van der Waals surface area contributed by atoms with E-state index in [1.165, 1.54) is 48.5 Å². The zero-order chi connectivity index (χ0) is 59.4. The average Bonchev–Trinajstić information content (AvgIpc) is 3.23. The smallest absolute Gasteiger partial charge is 0.123 e. The highest BCUT2D eigenvalue weighted by Crippen LogP contribution is 2.41. The molecular formula is C63H48F3N3. The van der Waals surface area contributed by atoms with Gasteiger partial charge in [-0.25, -0.2) is 13.2 Å². The molecule has 0 aliphatic carbocycles. The number of aromatic nitrogens is 3. The minimum Gasteiger partial charge on any atom is -0.256 e. The third-order valence-corrected chi connectivity index (χ3v) is 11.6. The first-order chi connectivity index (χ1) is 39.1. The van der Waals surface area contributed by atoms with Crippen LogP contribution < -0.4 is 0 Å². The molecule has 0 saturated heterocycles. The van der Waals surface area contributed by atoms with Gasteiger partial charge in [0, 0.05) is 60.0 Å². The molecule has 0 spiro atoms. The number of benzene rings is 7.